The number of nitrogens with two attached hydrogens (primary N) is 1. The Morgan fingerprint density at radius 1 is 0.767 bits per heavy atom. The van der Waals surface area contributed by atoms with Crippen LogP contribution in [0.1, 0.15) is 52.4 Å². The van der Waals surface area contributed by atoms with Gasteiger partial charge in [-0.1, -0.05) is 24.3 Å². The minimum Gasteiger partial charge on any atom is -0.490 e. The molecule has 5 aromatic rings. The molecule has 2 fully saturated rings. The Balaban J connectivity index is 0.732. The third-order valence-corrected chi connectivity index (χ3v) is 10.7. The predicted molar refractivity (Wildman–Crippen MR) is 217 cm³/mol. The van der Waals surface area contributed by atoms with Gasteiger partial charge in [-0.3, -0.25) is 34.3 Å². The first-order valence-corrected chi connectivity index (χ1v) is 20.1. The summed E-state index contributed by atoms with van der Waals surface area (Å²) in [4.78, 5) is 62.4. The van der Waals surface area contributed by atoms with Crippen LogP contribution in [0.15, 0.2) is 79.1 Å². The van der Waals surface area contributed by atoms with E-state index in [0.717, 1.165) is 65.5 Å². The molecule has 60 heavy (non-hydrogen) atoms. The zero-order valence-electron chi connectivity index (χ0n) is 33.0. The van der Waals surface area contributed by atoms with Crippen LogP contribution in [-0.4, -0.2) is 125 Å². The molecule has 8 rings (SSSR count). The number of amides is 4. The SMILES string of the molecule is Nc1ncnc2c1c(-c1ccc(Oc3ccccc3)cc1)nn2C1CCCN(CCOCCOCCOCCOc2cccc3c2C(=O)N(C2CCC(=O)NC2=O)C3=O)C1. The molecule has 5 heterocycles. The van der Waals surface area contributed by atoms with Gasteiger partial charge in [0.2, 0.25) is 11.8 Å². The number of anilines is 1. The van der Waals surface area contributed by atoms with Gasteiger partial charge in [-0.25, -0.2) is 14.6 Å². The van der Waals surface area contributed by atoms with Crippen LogP contribution < -0.4 is 20.5 Å². The average molecular weight is 819 g/mol. The van der Waals surface area contributed by atoms with Gasteiger partial charge in [-0.2, -0.15) is 5.10 Å². The van der Waals surface area contributed by atoms with Gasteiger partial charge in [-0.05, 0) is 74.3 Å². The molecule has 2 atom stereocenters. The molecule has 2 saturated heterocycles. The molecular formula is C43H46N8O9. The molecule has 4 amide bonds. The van der Waals surface area contributed by atoms with Gasteiger partial charge < -0.3 is 29.4 Å². The van der Waals surface area contributed by atoms with Gasteiger partial charge in [0.15, 0.2) is 5.65 Å². The first kappa shape index (κ1) is 40.5. The summed E-state index contributed by atoms with van der Waals surface area (Å²) in [7, 11) is 0. The third kappa shape index (κ3) is 8.98. The number of imide groups is 2. The van der Waals surface area contributed by atoms with Crippen molar-refractivity contribution in [1.29, 1.82) is 0 Å². The summed E-state index contributed by atoms with van der Waals surface area (Å²) in [5, 5.41) is 8.00. The summed E-state index contributed by atoms with van der Waals surface area (Å²) in [6.45, 7) is 5.02. The number of hydrogen-bond donors (Lipinski definition) is 2. The van der Waals surface area contributed by atoms with E-state index in [-0.39, 0.29) is 49.0 Å². The van der Waals surface area contributed by atoms with Crippen LogP contribution in [0.2, 0.25) is 0 Å². The molecule has 3 N–H and O–H groups in total. The van der Waals surface area contributed by atoms with Gasteiger partial charge in [-0.15, -0.1) is 0 Å². The van der Waals surface area contributed by atoms with E-state index in [1.165, 1.54) is 12.4 Å². The van der Waals surface area contributed by atoms with Crippen molar-refractivity contribution in [3.63, 3.8) is 0 Å². The van der Waals surface area contributed by atoms with Crippen molar-refractivity contribution in [2.75, 3.05) is 71.6 Å². The van der Waals surface area contributed by atoms with Crippen molar-refractivity contribution in [2.24, 2.45) is 0 Å². The lowest BCUT2D eigenvalue weighted by Crippen LogP contribution is -2.54. The maximum absolute atomic E-state index is 13.2. The third-order valence-electron chi connectivity index (χ3n) is 10.7. The molecule has 312 valence electrons. The van der Waals surface area contributed by atoms with Crippen molar-refractivity contribution in [3.05, 3.63) is 90.3 Å². The molecule has 0 aliphatic carbocycles. The Kier molecular flexibility index (Phi) is 12.7. The normalized spacial score (nSPS) is 18.2. The van der Waals surface area contributed by atoms with E-state index in [9.17, 15) is 19.2 Å². The molecule has 0 spiro atoms. The molecule has 17 nitrogen and oxygen atoms in total. The van der Waals surface area contributed by atoms with Crippen molar-refractivity contribution < 1.29 is 42.9 Å². The van der Waals surface area contributed by atoms with E-state index >= 15 is 0 Å². The fraction of sp³-hybridized carbons (Fsp3) is 0.372. The van der Waals surface area contributed by atoms with Gasteiger partial charge >= 0.3 is 0 Å². The molecule has 2 aromatic heterocycles. The smallest absolute Gasteiger partial charge is 0.266 e. The quantitative estimate of drug-likeness (QED) is 0.0948. The lowest BCUT2D eigenvalue weighted by molar-refractivity contribution is -0.136. The van der Waals surface area contributed by atoms with Gasteiger partial charge in [0.05, 0.1) is 62.2 Å². The number of piperidine rings is 2. The fourth-order valence-electron chi connectivity index (χ4n) is 7.74. The second-order valence-corrected chi connectivity index (χ2v) is 14.6. The maximum Gasteiger partial charge on any atom is 0.266 e. The second-order valence-electron chi connectivity index (χ2n) is 14.6. The Morgan fingerprint density at radius 2 is 1.50 bits per heavy atom. The molecule has 0 radical (unpaired) electrons. The lowest BCUT2D eigenvalue weighted by atomic mass is 10.0. The number of benzene rings is 3. The van der Waals surface area contributed by atoms with E-state index in [2.05, 4.69) is 20.2 Å². The number of likely N-dealkylation sites (tertiary alicyclic amines) is 1. The molecule has 3 aromatic carbocycles. The lowest BCUT2D eigenvalue weighted by Gasteiger charge is -2.32. The molecule has 0 bridgehead atoms. The number of nitrogens with one attached hydrogen (secondary N) is 1. The Labute approximate surface area is 345 Å². The van der Waals surface area contributed by atoms with E-state index in [4.69, 9.17) is 34.5 Å². The summed E-state index contributed by atoms with van der Waals surface area (Å²) < 4.78 is 31.0. The van der Waals surface area contributed by atoms with Gasteiger partial charge in [0.25, 0.3) is 11.8 Å². The minimum atomic E-state index is -1.04. The van der Waals surface area contributed by atoms with Crippen LogP contribution in [0, 0.1) is 0 Å². The average Bonchev–Trinajstić information content (AvgIpc) is 3.78. The number of para-hydroxylation sites is 1. The van der Waals surface area contributed by atoms with E-state index in [1.807, 2.05) is 59.3 Å². The van der Waals surface area contributed by atoms with Crippen molar-refractivity contribution >= 4 is 40.5 Å². The highest BCUT2D eigenvalue weighted by Crippen LogP contribution is 2.36. The standard InChI is InChI=1S/C43H46N8O9/c44-39-37-38(28-11-13-31(14-12-28)60-30-7-2-1-3-8-30)48-51(40(37)46-27-45-39)29-6-5-17-49(26-29)18-19-56-20-21-57-22-23-58-24-25-59-34-10-4-9-32-36(34)43(55)50(42(32)54)33-15-16-35(52)47-41(33)53/h1-4,7-14,27,29,33H,5-6,15-26H2,(H2,44,45,46)(H,47,52,53). The Morgan fingerprint density at radius 3 is 2.27 bits per heavy atom. The highest BCUT2D eigenvalue weighted by molar-refractivity contribution is 6.24. The predicted octanol–water partition coefficient (Wildman–Crippen LogP) is 4.03. The number of fused-ring (bicyclic) bond motifs is 2. The number of ether oxygens (including phenoxy) is 5. The zero-order valence-corrected chi connectivity index (χ0v) is 33.0. The van der Waals surface area contributed by atoms with Crippen LogP contribution in [0.5, 0.6) is 17.2 Å². The molecule has 3 aliphatic heterocycles. The van der Waals surface area contributed by atoms with Gasteiger partial charge in [0.1, 0.15) is 47.7 Å². The second kappa shape index (κ2) is 18.8. The molecule has 17 heteroatoms. The summed E-state index contributed by atoms with van der Waals surface area (Å²) in [6.07, 6.45) is 3.59. The number of hydrogen-bond acceptors (Lipinski definition) is 14. The topological polar surface area (TPSA) is 203 Å². The van der Waals surface area contributed by atoms with Crippen molar-refractivity contribution in [1.82, 2.24) is 34.9 Å². The first-order valence-electron chi connectivity index (χ1n) is 20.1. The van der Waals surface area contributed by atoms with Crippen LogP contribution in [0.4, 0.5) is 5.82 Å². The van der Waals surface area contributed by atoms with Crippen LogP contribution in [0.3, 0.4) is 0 Å². The summed E-state index contributed by atoms with van der Waals surface area (Å²) in [5.41, 5.74) is 9.02. The Hall–Kier alpha value is -6.27. The summed E-state index contributed by atoms with van der Waals surface area (Å²) >= 11 is 0. The summed E-state index contributed by atoms with van der Waals surface area (Å²) in [5.74, 6) is -0.188. The Bertz CT molecular complexity index is 2340. The number of rotatable bonds is 18. The highest BCUT2D eigenvalue weighted by atomic mass is 16.6. The number of nitrogen functional groups attached to an aromatic ring is 1. The molecular weight excluding hydrogens is 773 g/mol. The number of carbonyl (C=O) groups excluding carboxylic acids is 4. The molecule has 0 saturated carbocycles. The van der Waals surface area contributed by atoms with E-state index in [0.29, 0.717) is 44.5 Å². The number of nitrogens with zero attached hydrogens (tertiary/aromatic N) is 6. The number of carbonyl (C=O) groups is 4. The van der Waals surface area contributed by atoms with Crippen LogP contribution in [0.25, 0.3) is 22.3 Å². The molecule has 2 unspecified atom stereocenters. The number of aromatic nitrogens is 4. The fourth-order valence-corrected chi connectivity index (χ4v) is 7.74. The summed E-state index contributed by atoms with van der Waals surface area (Å²) in [6, 6.07) is 21.2. The first-order chi connectivity index (χ1) is 29.4. The monoisotopic (exact) mass is 818 g/mol. The van der Waals surface area contributed by atoms with Crippen LogP contribution >= 0.6 is 0 Å². The van der Waals surface area contributed by atoms with Crippen molar-refractivity contribution in [2.45, 2.75) is 37.8 Å². The largest absolute Gasteiger partial charge is 0.490 e. The van der Waals surface area contributed by atoms with Crippen molar-refractivity contribution in [3.8, 4) is 28.5 Å². The van der Waals surface area contributed by atoms with E-state index < -0.39 is 29.7 Å². The highest BCUT2D eigenvalue weighted by Gasteiger charge is 2.46. The minimum absolute atomic E-state index is 0.0487. The molecule has 3 aliphatic rings. The van der Waals surface area contributed by atoms with E-state index in [1.54, 1.807) is 12.1 Å². The maximum atomic E-state index is 13.2. The van der Waals surface area contributed by atoms with Crippen LogP contribution in [-0.2, 0) is 23.8 Å². The zero-order chi connectivity index (χ0) is 41.4. The van der Waals surface area contributed by atoms with Gasteiger partial charge in [0, 0.05) is 25.1 Å².